The van der Waals surface area contributed by atoms with Crippen LogP contribution in [0.5, 0.6) is 11.5 Å². The van der Waals surface area contributed by atoms with E-state index >= 15 is 0 Å². The standard InChI is InChI=1S/C14H17ClN2O4/c1-16-2-3-17(7-11(16)14(18)19)6-9-4-12-13(5-10(9)15)21-8-20-12/h4-5,11H,2-3,6-8H2,1H3,(H,18,19)/t11-/m1/s1. The minimum Gasteiger partial charge on any atom is -0.480 e. The van der Waals surface area contributed by atoms with Gasteiger partial charge < -0.3 is 14.6 Å². The molecule has 7 heteroatoms. The molecule has 1 aromatic carbocycles. The molecule has 6 nitrogen and oxygen atoms in total. The van der Waals surface area contributed by atoms with Gasteiger partial charge in [0, 0.05) is 37.3 Å². The lowest BCUT2D eigenvalue weighted by molar-refractivity contribution is -0.145. The number of rotatable bonds is 3. The normalized spacial score (nSPS) is 22.5. The quantitative estimate of drug-likeness (QED) is 0.907. The fourth-order valence-corrected chi connectivity index (χ4v) is 2.88. The maximum atomic E-state index is 11.3. The Bertz CT molecular complexity index is 566. The molecule has 114 valence electrons. The number of aliphatic carboxylic acids is 1. The third-order valence-corrected chi connectivity index (χ3v) is 4.30. The number of hydrogen-bond acceptors (Lipinski definition) is 5. The van der Waals surface area contributed by atoms with Gasteiger partial charge in [0.2, 0.25) is 6.79 Å². The van der Waals surface area contributed by atoms with Gasteiger partial charge >= 0.3 is 5.97 Å². The van der Waals surface area contributed by atoms with Gasteiger partial charge in [-0.05, 0) is 18.7 Å². The maximum Gasteiger partial charge on any atom is 0.322 e. The first kappa shape index (κ1) is 14.4. The lowest BCUT2D eigenvalue weighted by Crippen LogP contribution is -2.54. The highest BCUT2D eigenvalue weighted by atomic mass is 35.5. The second-order valence-corrected chi connectivity index (χ2v) is 5.77. The first-order valence-corrected chi connectivity index (χ1v) is 7.16. The Balaban J connectivity index is 1.73. The van der Waals surface area contributed by atoms with E-state index in [0.717, 1.165) is 18.7 Å². The summed E-state index contributed by atoms with van der Waals surface area (Å²) in [5.74, 6) is 0.558. The summed E-state index contributed by atoms with van der Waals surface area (Å²) in [4.78, 5) is 15.2. The summed E-state index contributed by atoms with van der Waals surface area (Å²) in [6, 6.07) is 3.15. The Kier molecular flexibility index (Phi) is 3.93. The predicted octanol–water partition coefficient (Wildman–Crippen LogP) is 1.27. The van der Waals surface area contributed by atoms with Crippen LogP contribution in [0.25, 0.3) is 0 Å². The SMILES string of the molecule is CN1CCN(Cc2cc3c(cc2Cl)OCO3)C[C@@H]1C(=O)O. The Hall–Kier alpha value is -1.50. The van der Waals surface area contributed by atoms with E-state index in [1.54, 1.807) is 6.07 Å². The monoisotopic (exact) mass is 312 g/mol. The number of carboxylic acid groups (broad SMARTS) is 1. The van der Waals surface area contributed by atoms with Gasteiger partial charge in [-0.2, -0.15) is 0 Å². The zero-order valence-electron chi connectivity index (χ0n) is 11.7. The van der Waals surface area contributed by atoms with Crippen LogP contribution in [0.3, 0.4) is 0 Å². The molecule has 0 bridgehead atoms. The van der Waals surface area contributed by atoms with Crippen LogP contribution in [0, 0.1) is 0 Å². The fourth-order valence-electron chi connectivity index (χ4n) is 2.66. The number of halogens is 1. The number of likely N-dealkylation sites (N-methyl/N-ethyl adjacent to an activating group) is 1. The summed E-state index contributed by atoms with van der Waals surface area (Å²) in [6.45, 7) is 2.83. The number of carboxylic acids is 1. The first-order valence-electron chi connectivity index (χ1n) is 6.78. The zero-order chi connectivity index (χ0) is 15.0. The van der Waals surface area contributed by atoms with Crippen LogP contribution in [-0.4, -0.2) is 60.4 Å². The Labute approximate surface area is 127 Å². The third-order valence-electron chi connectivity index (χ3n) is 3.95. The van der Waals surface area contributed by atoms with Crippen LogP contribution >= 0.6 is 11.6 Å². The van der Waals surface area contributed by atoms with Crippen molar-refractivity contribution in [1.29, 1.82) is 0 Å². The molecule has 0 amide bonds. The lowest BCUT2D eigenvalue weighted by Gasteiger charge is -2.37. The molecule has 2 heterocycles. The smallest absolute Gasteiger partial charge is 0.322 e. The molecule has 0 radical (unpaired) electrons. The van der Waals surface area contributed by atoms with Gasteiger partial charge in [-0.3, -0.25) is 14.6 Å². The average Bonchev–Trinajstić information content (AvgIpc) is 2.88. The van der Waals surface area contributed by atoms with E-state index in [-0.39, 0.29) is 6.79 Å². The van der Waals surface area contributed by atoms with E-state index in [9.17, 15) is 9.90 Å². The van der Waals surface area contributed by atoms with E-state index in [0.29, 0.717) is 29.6 Å². The summed E-state index contributed by atoms with van der Waals surface area (Å²) >= 11 is 6.27. The highest BCUT2D eigenvalue weighted by Gasteiger charge is 2.30. The lowest BCUT2D eigenvalue weighted by atomic mass is 10.1. The average molecular weight is 313 g/mol. The number of carbonyl (C=O) groups is 1. The van der Waals surface area contributed by atoms with Crippen molar-refractivity contribution >= 4 is 17.6 Å². The van der Waals surface area contributed by atoms with Crippen molar-refractivity contribution in [2.45, 2.75) is 12.6 Å². The molecule has 2 aliphatic heterocycles. The molecular weight excluding hydrogens is 296 g/mol. The summed E-state index contributed by atoms with van der Waals surface area (Å²) in [7, 11) is 1.84. The predicted molar refractivity (Wildman–Crippen MR) is 76.9 cm³/mol. The van der Waals surface area contributed by atoms with Crippen molar-refractivity contribution in [3.8, 4) is 11.5 Å². The van der Waals surface area contributed by atoms with Gasteiger partial charge in [0.1, 0.15) is 6.04 Å². The minimum atomic E-state index is -0.793. The molecule has 1 aromatic rings. The summed E-state index contributed by atoms with van der Waals surface area (Å²) in [5.41, 5.74) is 0.926. The Morgan fingerprint density at radius 3 is 2.81 bits per heavy atom. The molecule has 0 unspecified atom stereocenters. The number of hydrogen-bond donors (Lipinski definition) is 1. The molecule has 3 rings (SSSR count). The van der Waals surface area contributed by atoms with E-state index in [1.165, 1.54) is 0 Å². The van der Waals surface area contributed by atoms with Crippen LogP contribution < -0.4 is 9.47 Å². The van der Waals surface area contributed by atoms with Crippen LogP contribution in [0.4, 0.5) is 0 Å². The molecule has 0 aliphatic carbocycles. The van der Waals surface area contributed by atoms with Gasteiger partial charge in [-0.1, -0.05) is 11.6 Å². The van der Waals surface area contributed by atoms with Crippen molar-refractivity contribution in [2.75, 3.05) is 33.5 Å². The minimum absolute atomic E-state index is 0.213. The van der Waals surface area contributed by atoms with Gasteiger partial charge in [0.05, 0.1) is 0 Å². The molecular formula is C14H17ClN2O4. The zero-order valence-corrected chi connectivity index (χ0v) is 12.5. The first-order chi connectivity index (χ1) is 10.0. The van der Waals surface area contributed by atoms with Crippen molar-refractivity contribution in [3.05, 3.63) is 22.7 Å². The topological polar surface area (TPSA) is 62.2 Å². The van der Waals surface area contributed by atoms with Crippen molar-refractivity contribution in [1.82, 2.24) is 9.80 Å². The van der Waals surface area contributed by atoms with E-state index in [4.69, 9.17) is 21.1 Å². The molecule has 2 aliphatic rings. The number of piperazine rings is 1. The van der Waals surface area contributed by atoms with Crippen LogP contribution in [0.1, 0.15) is 5.56 Å². The number of fused-ring (bicyclic) bond motifs is 1. The van der Waals surface area contributed by atoms with Gasteiger partial charge in [-0.15, -0.1) is 0 Å². The molecule has 1 saturated heterocycles. The molecule has 0 aromatic heterocycles. The van der Waals surface area contributed by atoms with E-state index in [1.807, 2.05) is 18.0 Å². The van der Waals surface area contributed by atoms with Crippen LogP contribution in [0.2, 0.25) is 5.02 Å². The second-order valence-electron chi connectivity index (χ2n) is 5.37. The van der Waals surface area contributed by atoms with Gasteiger partial charge in [0.15, 0.2) is 11.5 Å². The largest absolute Gasteiger partial charge is 0.480 e. The van der Waals surface area contributed by atoms with Crippen LogP contribution in [-0.2, 0) is 11.3 Å². The number of benzene rings is 1. The number of ether oxygens (including phenoxy) is 2. The van der Waals surface area contributed by atoms with Crippen molar-refractivity contribution < 1.29 is 19.4 Å². The molecule has 1 atom stereocenters. The third kappa shape index (κ3) is 2.92. The fraction of sp³-hybridized carbons (Fsp3) is 0.500. The van der Waals surface area contributed by atoms with Gasteiger partial charge in [0.25, 0.3) is 0 Å². The van der Waals surface area contributed by atoms with E-state index < -0.39 is 12.0 Å². The Morgan fingerprint density at radius 1 is 1.38 bits per heavy atom. The molecule has 1 fully saturated rings. The van der Waals surface area contributed by atoms with Gasteiger partial charge in [-0.25, -0.2) is 0 Å². The van der Waals surface area contributed by atoms with E-state index in [2.05, 4.69) is 4.90 Å². The highest BCUT2D eigenvalue weighted by molar-refractivity contribution is 6.31. The van der Waals surface area contributed by atoms with Crippen molar-refractivity contribution in [2.24, 2.45) is 0 Å². The maximum absolute atomic E-state index is 11.3. The Morgan fingerprint density at radius 2 is 2.10 bits per heavy atom. The molecule has 0 saturated carbocycles. The summed E-state index contributed by atoms with van der Waals surface area (Å²) in [6.07, 6.45) is 0. The number of nitrogens with zero attached hydrogens (tertiary/aromatic N) is 2. The summed E-state index contributed by atoms with van der Waals surface area (Å²) in [5, 5.41) is 9.86. The molecule has 1 N–H and O–H groups in total. The highest BCUT2D eigenvalue weighted by Crippen LogP contribution is 2.37. The van der Waals surface area contributed by atoms with Crippen molar-refractivity contribution in [3.63, 3.8) is 0 Å². The summed E-state index contributed by atoms with van der Waals surface area (Å²) < 4.78 is 10.6. The second kappa shape index (κ2) is 5.71. The molecule has 0 spiro atoms. The van der Waals surface area contributed by atoms with Crippen LogP contribution in [0.15, 0.2) is 12.1 Å². The molecule has 21 heavy (non-hydrogen) atoms.